The summed E-state index contributed by atoms with van der Waals surface area (Å²) in [5.41, 5.74) is 1.00. The molecule has 1 fully saturated rings. The van der Waals surface area contributed by atoms with Crippen LogP contribution in [0, 0.1) is 17.2 Å². The van der Waals surface area contributed by atoms with Crippen molar-refractivity contribution in [1.82, 2.24) is 4.90 Å². The minimum absolute atomic E-state index is 0.0541. The van der Waals surface area contributed by atoms with Gasteiger partial charge in [0.15, 0.2) is 0 Å². The van der Waals surface area contributed by atoms with Crippen LogP contribution < -0.4 is 9.47 Å². The first-order valence-electron chi connectivity index (χ1n) is 6.56. The first-order chi connectivity index (χ1) is 9.67. The smallest absolute Gasteiger partial charge is 0.224 e. The fourth-order valence-corrected chi connectivity index (χ4v) is 2.41. The van der Waals surface area contributed by atoms with Crippen LogP contribution in [0.25, 0.3) is 0 Å². The predicted octanol–water partition coefficient (Wildman–Crippen LogP) is 1.62. The van der Waals surface area contributed by atoms with Crippen molar-refractivity contribution in [3.63, 3.8) is 0 Å². The standard InChI is InChI=1S/C15H18N2O3/c1-19-13-3-4-14(20-2)12(8-13)5-6-17-10-11(9-16)7-15(17)18/h3-4,8,11H,5-7,10H2,1-2H3. The molecule has 0 spiro atoms. The lowest BCUT2D eigenvalue weighted by atomic mass is 10.1. The summed E-state index contributed by atoms with van der Waals surface area (Å²) in [7, 11) is 3.24. The van der Waals surface area contributed by atoms with Crippen LogP contribution in [-0.4, -0.2) is 38.1 Å². The van der Waals surface area contributed by atoms with Gasteiger partial charge in [0.1, 0.15) is 11.5 Å². The molecular formula is C15H18N2O3. The summed E-state index contributed by atoms with van der Waals surface area (Å²) < 4.78 is 10.5. The molecular weight excluding hydrogens is 256 g/mol. The number of methoxy groups -OCH3 is 2. The van der Waals surface area contributed by atoms with Crippen molar-refractivity contribution < 1.29 is 14.3 Å². The summed E-state index contributed by atoms with van der Waals surface area (Å²) in [6.45, 7) is 1.13. The molecule has 1 atom stereocenters. The van der Waals surface area contributed by atoms with Crippen molar-refractivity contribution in [2.24, 2.45) is 5.92 Å². The molecule has 20 heavy (non-hydrogen) atoms. The average Bonchev–Trinajstić information content (AvgIpc) is 2.85. The van der Waals surface area contributed by atoms with E-state index >= 15 is 0 Å². The van der Waals surface area contributed by atoms with Crippen LogP contribution >= 0.6 is 0 Å². The molecule has 1 unspecified atom stereocenters. The first kappa shape index (κ1) is 14.2. The minimum Gasteiger partial charge on any atom is -0.497 e. The SMILES string of the molecule is COc1ccc(OC)c(CCN2CC(C#N)CC2=O)c1. The zero-order valence-electron chi connectivity index (χ0n) is 11.8. The van der Waals surface area contributed by atoms with Crippen molar-refractivity contribution in [1.29, 1.82) is 5.26 Å². The maximum Gasteiger partial charge on any atom is 0.224 e. The summed E-state index contributed by atoms with van der Waals surface area (Å²) in [5.74, 6) is 1.44. The maximum atomic E-state index is 11.8. The number of nitriles is 1. The van der Waals surface area contributed by atoms with Crippen LogP contribution in [0.5, 0.6) is 11.5 Å². The van der Waals surface area contributed by atoms with Gasteiger partial charge in [0.2, 0.25) is 5.91 Å². The van der Waals surface area contributed by atoms with E-state index in [0.717, 1.165) is 17.1 Å². The van der Waals surface area contributed by atoms with Crippen molar-refractivity contribution in [3.8, 4) is 17.6 Å². The monoisotopic (exact) mass is 274 g/mol. The summed E-state index contributed by atoms with van der Waals surface area (Å²) in [6, 6.07) is 7.78. The molecule has 106 valence electrons. The van der Waals surface area contributed by atoms with E-state index in [1.54, 1.807) is 19.1 Å². The minimum atomic E-state index is -0.172. The Bertz CT molecular complexity index is 536. The van der Waals surface area contributed by atoms with Gasteiger partial charge in [0.05, 0.1) is 26.2 Å². The van der Waals surface area contributed by atoms with Gasteiger partial charge in [-0.25, -0.2) is 0 Å². The second kappa shape index (κ2) is 6.29. The van der Waals surface area contributed by atoms with Crippen LogP contribution in [-0.2, 0) is 11.2 Å². The molecule has 1 saturated heterocycles. The summed E-state index contributed by atoms with van der Waals surface area (Å²) in [4.78, 5) is 13.5. The van der Waals surface area contributed by atoms with Gasteiger partial charge < -0.3 is 14.4 Å². The lowest BCUT2D eigenvalue weighted by molar-refractivity contribution is -0.127. The zero-order chi connectivity index (χ0) is 14.5. The van der Waals surface area contributed by atoms with Crippen molar-refractivity contribution in [2.45, 2.75) is 12.8 Å². The summed E-state index contributed by atoms with van der Waals surface area (Å²) in [6.07, 6.45) is 1.02. The van der Waals surface area contributed by atoms with Gasteiger partial charge in [-0.3, -0.25) is 4.79 Å². The Morgan fingerprint density at radius 2 is 2.20 bits per heavy atom. The van der Waals surface area contributed by atoms with E-state index in [1.165, 1.54) is 0 Å². The van der Waals surface area contributed by atoms with Gasteiger partial charge >= 0.3 is 0 Å². The van der Waals surface area contributed by atoms with Crippen LogP contribution in [0.2, 0.25) is 0 Å². The highest BCUT2D eigenvalue weighted by molar-refractivity contribution is 5.79. The van der Waals surface area contributed by atoms with Gasteiger partial charge in [-0.1, -0.05) is 0 Å². The highest BCUT2D eigenvalue weighted by Crippen LogP contribution is 2.25. The van der Waals surface area contributed by atoms with Gasteiger partial charge in [-0.05, 0) is 30.2 Å². The molecule has 1 aromatic carbocycles. The van der Waals surface area contributed by atoms with Crippen LogP contribution in [0.4, 0.5) is 0 Å². The van der Waals surface area contributed by atoms with Crippen molar-refractivity contribution in [3.05, 3.63) is 23.8 Å². The molecule has 0 aliphatic carbocycles. The van der Waals surface area contributed by atoms with Crippen LogP contribution in [0.15, 0.2) is 18.2 Å². The number of rotatable bonds is 5. The number of benzene rings is 1. The van der Waals surface area contributed by atoms with Crippen molar-refractivity contribution >= 4 is 5.91 Å². The Morgan fingerprint density at radius 1 is 1.40 bits per heavy atom. The van der Waals surface area contributed by atoms with E-state index in [9.17, 15) is 4.79 Å². The second-order valence-electron chi connectivity index (χ2n) is 4.80. The van der Waals surface area contributed by atoms with E-state index in [-0.39, 0.29) is 11.8 Å². The Labute approximate surface area is 118 Å². The largest absolute Gasteiger partial charge is 0.497 e. The number of hydrogen-bond donors (Lipinski definition) is 0. The topological polar surface area (TPSA) is 62.6 Å². The lowest BCUT2D eigenvalue weighted by Crippen LogP contribution is -2.27. The molecule has 0 N–H and O–H groups in total. The zero-order valence-corrected chi connectivity index (χ0v) is 11.8. The Kier molecular flexibility index (Phi) is 4.46. The Balaban J connectivity index is 2.03. The van der Waals surface area contributed by atoms with E-state index in [0.29, 0.717) is 25.9 Å². The average molecular weight is 274 g/mol. The molecule has 2 rings (SSSR count). The highest BCUT2D eigenvalue weighted by atomic mass is 16.5. The molecule has 1 heterocycles. The normalized spacial score (nSPS) is 17.9. The third-order valence-electron chi connectivity index (χ3n) is 3.54. The quantitative estimate of drug-likeness (QED) is 0.818. The number of ether oxygens (including phenoxy) is 2. The predicted molar refractivity (Wildman–Crippen MR) is 73.6 cm³/mol. The Morgan fingerprint density at radius 3 is 2.80 bits per heavy atom. The Hall–Kier alpha value is -2.22. The lowest BCUT2D eigenvalue weighted by Gasteiger charge is -2.17. The van der Waals surface area contributed by atoms with E-state index in [2.05, 4.69) is 6.07 Å². The number of nitrogens with zero attached hydrogens (tertiary/aromatic N) is 2. The number of carbonyl (C=O) groups is 1. The first-order valence-corrected chi connectivity index (χ1v) is 6.56. The van der Waals surface area contributed by atoms with Gasteiger partial charge in [0, 0.05) is 19.5 Å². The number of hydrogen-bond acceptors (Lipinski definition) is 4. The number of likely N-dealkylation sites (tertiary alicyclic amines) is 1. The molecule has 1 aromatic rings. The van der Waals surface area contributed by atoms with Crippen LogP contribution in [0.1, 0.15) is 12.0 Å². The molecule has 5 heteroatoms. The molecule has 0 bridgehead atoms. The molecule has 5 nitrogen and oxygen atoms in total. The second-order valence-corrected chi connectivity index (χ2v) is 4.80. The van der Waals surface area contributed by atoms with Gasteiger partial charge in [-0.2, -0.15) is 5.26 Å². The maximum absolute atomic E-state index is 11.8. The molecule has 1 aliphatic heterocycles. The van der Waals surface area contributed by atoms with E-state index in [1.807, 2.05) is 18.2 Å². The number of amides is 1. The van der Waals surface area contributed by atoms with E-state index in [4.69, 9.17) is 14.7 Å². The molecule has 0 aromatic heterocycles. The molecule has 1 aliphatic rings. The number of carbonyl (C=O) groups excluding carboxylic acids is 1. The fourth-order valence-electron chi connectivity index (χ4n) is 2.41. The fraction of sp³-hybridized carbons (Fsp3) is 0.467. The van der Waals surface area contributed by atoms with Crippen LogP contribution in [0.3, 0.4) is 0 Å². The van der Waals surface area contributed by atoms with Crippen molar-refractivity contribution in [2.75, 3.05) is 27.3 Å². The third kappa shape index (κ3) is 3.02. The summed E-state index contributed by atoms with van der Waals surface area (Å²) >= 11 is 0. The third-order valence-corrected chi connectivity index (χ3v) is 3.54. The molecule has 0 saturated carbocycles. The van der Waals surface area contributed by atoms with E-state index < -0.39 is 0 Å². The highest BCUT2D eigenvalue weighted by Gasteiger charge is 2.29. The summed E-state index contributed by atoms with van der Waals surface area (Å²) in [5, 5.41) is 8.87. The molecule has 1 amide bonds. The van der Waals surface area contributed by atoms with Gasteiger partial charge in [-0.15, -0.1) is 0 Å². The molecule has 0 radical (unpaired) electrons. The van der Waals surface area contributed by atoms with Gasteiger partial charge in [0.25, 0.3) is 0 Å².